The van der Waals surface area contributed by atoms with Gasteiger partial charge in [0.2, 0.25) is 5.91 Å². The molecule has 0 aliphatic carbocycles. The van der Waals surface area contributed by atoms with E-state index in [1.165, 1.54) is 6.07 Å². The van der Waals surface area contributed by atoms with Crippen LogP contribution in [0.2, 0.25) is 0 Å². The Morgan fingerprint density at radius 2 is 2.04 bits per heavy atom. The number of nitrogens with zero attached hydrogens (tertiary/aromatic N) is 2. The molecule has 2 aliphatic heterocycles. The van der Waals surface area contributed by atoms with Crippen molar-refractivity contribution in [2.24, 2.45) is 5.92 Å². The number of amides is 1. The van der Waals surface area contributed by atoms with Crippen LogP contribution in [0.5, 0.6) is 0 Å². The summed E-state index contributed by atoms with van der Waals surface area (Å²) in [5, 5.41) is 2.93. The molecule has 0 saturated carbocycles. The largest absolute Gasteiger partial charge is 0.433 e. The van der Waals surface area contributed by atoms with Crippen molar-refractivity contribution in [3.63, 3.8) is 0 Å². The third-order valence-electron chi connectivity index (χ3n) is 5.29. The van der Waals surface area contributed by atoms with Crippen LogP contribution < -0.4 is 10.2 Å². The maximum atomic E-state index is 12.8. The van der Waals surface area contributed by atoms with E-state index in [4.69, 9.17) is 4.74 Å². The lowest BCUT2D eigenvalue weighted by Gasteiger charge is -2.33. The zero-order valence-electron chi connectivity index (χ0n) is 15.3. The second-order valence-electron chi connectivity index (χ2n) is 7.29. The van der Waals surface area contributed by atoms with Crippen LogP contribution in [-0.2, 0) is 15.7 Å². The zero-order valence-corrected chi connectivity index (χ0v) is 15.3. The van der Waals surface area contributed by atoms with Gasteiger partial charge in [0.1, 0.15) is 11.5 Å². The first-order chi connectivity index (χ1) is 12.9. The van der Waals surface area contributed by atoms with E-state index >= 15 is 0 Å². The number of piperidine rings is 1. The quantitative estimate of drug-likeness (QED) is 0.816. The number of rotatable bonds is 6. The van der Waals surface area contributed by atoms with Gasteiger partial charge in [-0.05, 0) is 50.2 Å². The third kappa shape index (κ3) is 5.82. The van der Waals surface area contributed by atoms with E-state index in [1.807, 2.05) is 4.90 Å². The number of hydrogen-bond acceptors (Lipinski definition) is 4. The number of aromatic nitrogens is 1. The molecule has 2 aliphatic rings. The van der Waals surface area contributed by atoms with Crippen LogP contribution in [0.15, 0.2) is 18.2 Å². The van der Waals surface area contributed by atoms with Gasteiger partial charge in [-0.3, -0.25) is 4.79 Å². The summed E-state index contributed by atoms with van der Waals surface area (Å²) in [5.74, 6) is 0.839. The van der Waals surface area contributed by atoms with Gasteiger partial charge in [0.05, 0.1) is 6.10 Å². The predicted molar refractivity (Wildman–Crippen MR) is 95.4 cm³/mol. The Morgan fingerprint density at radius 3 is 2.70 bits per heavy atom. The number of carbonyl (C=O) groups is 1. The molecule has 1 amide bonds. The van der Waals surface area contributed by atoms with Crippen LogP contribution in [0.25, 0.3) is 0 Å². The van der Waals surface area contributed by atoms with Gasteiger partial charge < -0.3 is 15.0 Å². The molecular weight excluding hydrogens is 359 g/mol. The topological polar surface area (TPSA) is 54.5 Å². The summed E-state index contributed by atoms with van der Waals surface area (Å²) in [7, 11) is 0. The standard InChI is InChI=1S/C19H26F3N3O2/c20-19(21,22)16-4-1-5-17(24-16)25-10-8-14(9-11-25)6-7-18(26)23-13-15-3-2-12-27-15/h1,4-5,14-15H,2-3,6-13H2,(H,23,26)/t15-/m1/s1. The molecule has 3 heterocycles. The molecule has 1 aromatic rings. The second-order valence-corrected chi connectivity index (χ2v) is 7.29. The van der Waals surface area contributed by atoms with E-state index in [9.17, 15) is 18.0 Å². The Bertz CT molecular complexity index is 625. The highest BCUT2D eigenvalue weighted by atomic mass is 19.4. The smallest absolute Gasteiger partial charge is 0.376 e. The number of hydrogen-bond donors (Lipinski definition) is 1. The van der Waals surface area contributed by atoms with Crippen molar-refractivity contribution < 1.29 is 22.7 Å². The molecule has 8 heteroatoms. The molecule has 0 radical (unpaired) electrons. The fourth-order valence-electron chi connectivity index (χ4n) is 3.66. The molecule has 1 atom stereocenters. The number of halogens is 3. The molecule has 0 unspecified atom stereocenters. The summed E-state index contributed by atoms with van der Waals surface area (Å²) >= 11 is 0. The van der Waals surface area contributed by atoms with E-state index in [1.54, 1.807) is 6.07 Å². The summed E-state index contributed by atoms with van der Waals surface area (Å²) in [6.45, 7) is 2.69. The highest BCUT2D eigenvalue weighted by Gasteiger charge is 2.33. The van der Waals surface area contributed by atoms with Gasteiger partial charge in [-0.1, -0.05) is 6.07 Å². The van der Waals surface area contributed by atoms with Crippen LogP contribution in [-0.4, -0.2) is 43.2 Å². The fraction of sp³-hybridized carbons (Fsp3) is 0.684. The molecule has 0 aromatic carbocycles. The number of pyridine rings is 1. The number of nitrogens with one attached hydrogen (secondary N) is 1. The minimum Gasteiger partial charge on any atom is -0.376 e. The SMILES string of the molecule is O=C(CCC1CCN(c2cccc(C(F)(F)F)n2)CC1)NC[C@H]1CCCO1. The normalized spacial score (nSPS) is 21.4. The number of anilines is 1. The molecule has 2 fully saturated rings. The Balaban J connectivity index is 1.39. The lowest BCUT2D eigenvalue weighted by molar-refractivity contribution is -0.141. The van der Waals surface area contributed by atoms with Crippen molar-refractivity contribution in [2.45, 2.75) is 50.8 Å². The molecular formula is C19H26F3N3O2. The van der Waals surface area contributed by atoms with Crippen LogP contribution in [0.4, 0.5) is 19.0 Å². The van der Waals surface area contributed by atoms with Crippen molar-refractivity contribution in [2.75, 3.05) is 31.1 Å². The molecule has 5 nitrogen and oxygen atoms in total. The van der Waals surface area contributed by atoms with E-state index < -0.39 is 11.9 Å². The van der Waals surface area contributed by atoms with Crippen molar-refractivity contribution in [3.05, 3.63) is 23.9 Å². The van der Waals surface area contributed by atoms with E-state index in [2.05, 4.69) is 10.3 Å². The molecule has 27 heavy (non-hydrogen) atoms. The number of ether oxygens (including phenoxy) is 1. The van der Waals surface area contributed by atoms with Crippen LogP contribution in [0.3, 0.4) is 0 Å². The molecule has 150 valence electrons. The van der Waals surface area contributed by atoms with Gasteiger partial charge in [-0.2, -0.15) is 13.2 Å². The third-order valence-corrected chi connectivity index (χ3v) is 5.29. The number of carbonyl (C=O) groups excluding carboxylic acids is 1. The lowest BCUT2D eigenvalue weighted by Crippen LogP contribution is -2.35. The van der Waals surface area contributed by atoms with E-state index in [-0.39, 0.29) is 12.0 Å². The summed E-state index contributed by atoms with van der Waals surface area (Å²) in [6.07, 6.45) is 0.791. The Labute approximate surface area is 157 Å². The van der Waals surface area contributed by atoms with Crippen molar-refractivity contribution in [3.8, 4) is 0 Å². The molecule has 0 spiro atoms. The van der Waals surface area contributed by atoms with Crippen LogP contribution >= 0.6 is 0 Å². The van der Waals surface area contributed by atoms with Gasteiger partial charge in [0.25, 0.3) is 0 Å². The Hall–Kier alpha value is -1.83. The first-order valence-electron chi connectivity index (χ1n) is 9.59. The lowest BCUT2D eigenvalue weighted by atomic mass is 9.92. The maximum Gasteiger partial charge on any atom is 0.433 e. The molecule has 0 bridgehead atoms. The van der Waals surface area contributed by atoms with Crippen molar-refractivity contribution in [1.82, 2.24) is 10.3 Å². The van der Waals surface area contributed by atoms with Gasteiger partial charge >= 0.3 is 6.18 Å². The fourth-order valence-corrected chi connectivity index (χ4v) is 3.66. The summed E-state index contributed by atoms with van der Waals surface area (Å²) in [5.41, 5.74) is -0.856. The molecule has 1 aromatic heterocycles. The van der Waals surface area contributed by atoms with Crippen LogP contribution in [0, 0.1) is 5.92 Å². The van der Waals surface area contributed by atoms with Gasteiger partial charge in [0.15, 0.2) is 0 Å². The monoisotopic (exact) mass is 385 g/mol. The van der Waals surface area contributed by atoms with E-state index in [0.29, 0.717) is 37.8 Å². The first-order valence-corrected chi connectivity index (χ1v) is 9.59. The van der Waals surface area contributed by atoms with Crippen LogP contribution in [0.1, 0.15) is 44.2 Å². The average Bonchev–Trinajstić information content (AvgIpc) is 3.18. The van der Waals surface area contributed by atoms with Gasteiger partial charge in [-0.15, -0.1) is 0 Å². The summed E-state index contributed by atoms with van der Waals surface area (Å²) < 4.78 is 43.9. The maximum absolute atomic E-state index is 12.8. The second kappa shape index (κ2) is 8.91. The molecule has 1 N–H and O–H groups in total. The van der Waals surface area contributed by atoms with Gasteiger partial charge in [-0.25, -0.2) is 4.98 Å². The highest BCUT2D eigenvalue weighted by Crippen LogP contribution is 2.30. The zero-order chi connectivity index (χ0) is 19.3. The highest BCUT2D eigenvalue weighted by molar-refractivity contribution is 5.75. The molecule has 2 saturated heterocycles. The Kier molecular flexibility index (Phi) is 6.57. The summed E-state index contributed by atoms with van der Waals surface area (Å²) in [4.78, 5) is 17.6. The minimum absolute atomic E-state index is 0.0486. The van der Waals surface area contributed by atoms with E-state index in [0.717, 1.165) is 44.8 Å². The molecule has 3 rings (SSSR count). The van der Waals surface area contributed by atoms with Crippen molar-refractivity contribution >= 4 is 11.7 Å². The Morgan fingerprint density at radius 1 is 1.26 bits per heavy atom. The average molecular weight is 385 g/mol. The number of alkyl halides is 3. The van der Waals surface area contributed by atoms with Crippen molar-refractivity contribution in [1.29, 1.82) is 0 Å². The predicted octanol–water partition coefficient (Wildman–Crippen LogP) is 3.39. The minimum atomic E-state index is -4.43. The first kappa shape index (κ1) is 19.9. The van der Waals surface area contributed by atoms with Gasteiger partial charge in [0, 0.05) is 32.7 Å². The summed E-state index contributed by atoms with van der Waals surface area (Å²) in [6, 6.07) is 4.01.